The second kappa shape index (κ2) is 10.1. The summed E-state index contributed by atoms with van der Waals surface area (Å²) in [6.07, 6.45) is 0.170. The molecule has 0 saturated carbocycles. The van der Waals surface area contributed by atoms with Crippen molar-refractivity contribution in [3.63, 3.8) is 0 Å². The highest BCUT2D eigenvalue weighted by Gasteiger charge is 2.31. The Balaban J connectivity index is 2.54. The third-order valence-corrected chi connectivity index (χ3v) is 4.31. The van der Waals surface area contributed by atoms with Crippen LogP contribution in [0.5, 0.6) is 0 Å². The standard InChI is InChI=1S/C21H31NO6/c1-20(2,3)22(14-17(23)28-15-16-10-7-6-8-11-16)19(26)27-13-9-12-21(4,5)18(24)25/h6-8,10-11H,9,12-15H2,1-5H3,(H,24,25). The highest BCUT2D eigenvalue weighted by atomic mass is 16.6. The van der Waals surface area contributed by atoms with Crippen LogP contribution in [0.4, 0.5) is 4.79 Å². The minimum atomic E-state index is -0.892. The van der Waals surface area contributed by atoms with Crippen LogP contribution in [0, 0.1) is 5.41 Å². The van der Waals surface area contributed by atoms with Gasteiger partial charge < -0.3 is 14.6 Å². The van der Waals surface area contributed by atoms with Gasteiger partial charge in [-0.3, -0.25) is 14.5 Å². The maximum Gasteiger partial charge on any atom is 0.410 e. The summed E-state index contributed by atoms with van der Waals surface area (Å²) in [6.45, 7) is 8.64. The number of benzene rings is 1. The number of ether oxygens (including phenoxy) is 2. The summed E-state index contributed by atoms with van der Waals surface area (Å²) in [4.78, 5) is 37.0. The Bertz CT molecular complexity index is 663. The lowest BCUT2D eigenvalue weighted by molar-refractivity contribution is -0.148. The van der Waals surface area contributed by atoms with Gasteiger partial charge in [0.2, 0.25) is 0 Å². The summed E-state index contributed by atoms with van der Waals surface area (Å²) in [5.74, 6) is -1.42. The molecular formula is C21H31NO6. The van der Waals surface area contributed by atoms with Crippen molar-refractivity contribution >= 4 is 18.0 Å². The normalized spacial score (nSPS) is 11.6. The number of amides is 1. The van der Waals surface area contributed by atoms with Crippen LogP contribution in [0.25, 0.3) is 0 Å². The van der Waals surface area contributed by atoms with Crippen molar-refractivity contribution in [2.45, 2.75) is 59.6 Å². The fraction of sp³-hybridized carbons (Fsp3) is 0.571. The van der Waals surface area contributed by atoms with Crippen molar-refractivity contribution in [2.24, 2.45) is 5.41 Å². The van der Waals surface area contributed by atoms with Crippen LogP contribution in [0.3, 0.4) is 0 Å². The molecule has 0 bridgehead atoms. The topological polar surface area (TPSA) is 93.1 Å². The van der Waals surface area contributed by atoms with E-state index in [1.54, 1.807) is 34.6 Å². The van der Waals surface area contributed by atoms with Crippen LogP contribution in [0.2, 0.25) is 0 Å². The van der Waals surface area contributed by atoms with Gasteiger partial charge in [0, 0.05) is 5.54 Å². The van der Waals surface area contributed by atoms with Crippen molar-refractivity contribution in [1.29, 1.82) is 0 Å². The number of hydrogen-bond acceptors (Lipinski definition) is 5. The number of carbonyl (C=O) groups is 3. The Labute approximate surface area is 166 Å². The maximum absolute atomic E-state index is 12.4. The molecule has 0 unspecified atom stereocenters. The van der Waals surface area contributed by atoms with Gasteiger partial charge in [-0.2, -0.15) is 0 Å². The van der Waals surface area contributed by atoms with E-state index in [0.717, 1.165) is 5.56 Å². The van der Waals surface area contributed by atoms with E-state index in [9.17, 15) is 14.4 Å². The molecule has 0 aliphatic carbocycles. The first-order valence-corrected chi connectivity index (χ1v) is 9.31. The summed E-state index contributed by atoms with van der Waals surface area (Å²) < 4.78 is 10.5. The van der Waals surface area contributed by atoms with E-state index in [1.807, 2.05) is 30.3 Å². The molecule has 1 rings (SSSR count). The van der Waals surface area contributed by atoms with E-state index in [2.05, 4.69) is 0 Å². The van der Waals surface area contributed by atoms with Crippen molar-refractivity contribution in [3.8, 4) is 0 Å². The molecule has 0 radical (unpaired) electrons. The zero-order valence-corrected chi connectivity index (χ0v) is 17.4. The van der Waals surface area contributed by atoms with Gasteiger partial charge in [0.05, 0.1) is 12.0 Å². The molecule has 7 heteroatoms. The first-order valence-electron chi connectivity index (χ1n) is 9.31. The van der Waals surface area contributed by atoms with E-state index in [-0.39, 0.29) is 19.8 Å². The maximum atomic E-state index is 12.4. The largest absolute Gasteiger partial charge is 0.481 e. The summed E-state index contributed by atoms with van der Waals surface area (Å²) in [5, 5.41) is 9.11. The lowest BCUT2D eigenvalue weighted by atomic mass is 9.88. The Morgan fingerprint density at radius 2 is 1.61 bits per heavy atom. The minimum absolute atomic E-state index is 0.0845. The second-order valence-electron chi connectivity index (χ2n) is 8.31. The monoisotopic (exact) mass is 393 g/mol. The number of aliphatic carboxylic acids is 1. The van der Waals surface area contributed by atoms with Crippen molar-refractivity contribution < 1.29 is 29.0 Å². The molecule has 7 nitrogen and oxygen atoms in total. The van der Waals surface area contributed by atoms with Gasteiger partial charge in [0.1, 0.15) is 13.2 Å². The number of carboxylic acid groups (broad SMARTS) is 1. The van der Waals surface area contributed by atoms with Crippen LogP contribution in [0.1, 0.15) is 53.0 Å². The van der Waals surface area contributed by atoms with Crippen molar-refractivity contribution in [2.75, 3.05) is 13.2 Å². The number of carbonyl (C=O) groups excluding carboxylic acids is 2. The minimum Gasteiger partial charge on any atom is -0.481 e. The average molecular weight is 393 g/mol. The molecule has 0 fully saturated rings. The van der Waals surface area contributed by atoms with Crippen LogP contribution in [-0.2, 0) is 25.7 Å². The summed E-state index contributed by atoms with van der Waals surface area (Å²) in [7, 11) is 0. The SMILES string of the molecule is CC(C)(CCCOC(=O)N(CC(=O)OCc1ccccc1)C(C)(C)C)C(=O)O. The molecule has 0 aliphatic rings. The molecule has 0 saturated heterocycles. The van der Waals surface area contributed by atoms with Crippen molar-refractivity contribution in [3.05, 3.63) is 35.9 Å². The highest BCUT2D eigenvalue weighted by molar-refractivity contribution is 5.78. The lowest BCUT2D eigenvalue weighted by Crippen LogP contribution is -2.48. The summed E-state index contributed by atoms with van der Waals surface area (Å²) in [5.41, 5.74) is -0.651. The van der Waals surface area contributed by atoms with E-state index in [4.69, 9.17) is 14.6 Å². The smallest absolute Gasteiger partial charge is 0.410 e. The number of carboxylic acids is 1. The van der Waals surface area contributed by atoms with Crippen LogP contribution in [0.15, 0.2) is 30.3 Å². The van der Waals surface area contributed by atoms with E-state index >= 15 is 0 Å². The first-order chi connectivity index (χ1) is 12.9. The van der Waals surface area contributed by atoms with Crippen LogP contribution < -0.4 is 0 Å². The Hall–Kier alpha value is -2.57. The van der Waals surface area contributed by atoms with Crippen LogP contribution in [-0.4, -0.2) is 46.7 Å². The third kappa shape index (κ3) is 7.98. The molecule has 156 valence electrons. The van der Waals surface area contributed by atoms with Gasteiger partial charge in [0.25, 0.3) is 0 Å². The molecule has 28 heavy (non-hydrogen) atoms. The number of esters is 1. The molecule has 1 aromatic carbocycles. The predicted molar refractivity (Wildman–Crippen MR) is 105 cm³/mol. The number of hydrogen-bond donors (Lipinski definition) is 1. The Morgan fingerprint density at radius 3 is 2.14 bits per heavy atom. The fourth-order valence-electron chi connectivity index (χ4n) is 2.35. The molecular weight excluding hydrogens is 362 g/mol. The Morgan fingerprint density at radius 1 is 1.00 bits per heavy atom. The quantitative estimate of drug-likeness (QED) is 0.506. The molecule has 1 amide bonds. The summed E-state index contributed by atoms with van der Waals surface area (Å²) >= 11 is 0. The van der Waals surface area contributed by atoms with Gasteiger partial charge >= 0.3 is 18.0 Å². The van der Waals surface area contributed by atoms with E-state index in [1.165, 1.54) is 4.90 Å². The number of nitrogens with zero attached hydrogens (tertiary/aromatic N) is 1. The molecule has 1 aromatic rings. The average Bonchev–Trinajstić information content (AvgIpc) is 2.61. The van der Waals surface area contributed by atoms with Gasteiger partial charge in [-0.05, 0) is 53.0 Å². The highest BCUT2D eigenvalue weighted by Crippen LogP contribution is 2.22. The predicted octanol–water partition coefficient (Wildman–Crippen LogP) is 3.86. The zero-order valence-electron chi connectivity index (χ0n) is 17.4. The first kappa shape index (κ1) is 23.5. The van der Waals surface area contributed by atoms with Gasteiger partial charge in [0.15, 0.2) is 0 Å². The molecule has 0 atom stereocenters. The zero-order chi connectivity index (χ0) is 21.4. The van der Waals surface area contributed by atoms with Crippen LogP contribution >= 0.6 is 0 Å². The Kier molecular flexibility index (Phi) is 8.47. The molecule has 0 spiro atoms. The fourth-order valence-corrected chi connectivity index (χ4v) is 2.35. The summed E-state index contributed by atoms with van der Waals surface area (Å²) in [6, 6.07) is 9.28. The molecule has 0 aliphatic heterocycles. The molecule has 1 N–H and O–H groups in total. The molecule has 0 heterocycles. The van der Waals surface area contributed by atoms with Gasteiger partial charge in [-0.25, -0.2) is 4.79 Å². The van der Waals surface area contributed by atoms with E-state index < -0.39 is 29.0 Å². The third-order valence-electron chi connectivity index (χ3n) is 4.31. The number of rotatable bonds is 9. The lowest BCUT2D eigenvalue weighted by Gasteiger charge is -2.33. The van der Waals surface area contributed by atoms with Crippen molar-refractivity contribution in [1.82, 2.24) is 4.90 Å². The van der Waals surface area contributed by atoms with Gasteiger partial charge in [-0.15, -0.1) is 0 Å². The molecule has 0 aromatic heterocycles. The van der Waals surface area contributed by atoms with E-state index in [0.29, 0.717) is 12.8 Å². The second-order valence-corrected chi connectivity index (χ2v) is 8.31. The van der Waals surface area contributed by atoms with Gasteiger partial charge in [-0.1, -0.05) is 30.3 Å².